The van der Waals surface area contributed by atoms with Gasteiger partial charge in [-0.25, -0.2) is 0 Å². The maximum absolute atomic E-state index is 12.2. The van der Waals surface area contributed by atoms with Gasteiger partial charge >= 0.3 is 0 Å². The molecule has 0 unspecified atom stereocenters. The molecular formula is C16H28N4O2. The predicted octanol–water partition coefficient (Wildman–Crippen LogP) is -0.106. The van der Waals surface area contributed by atoms with Gasteiger partial charge in [0.05, 0.1) is 6.54 Å². The zero-order valence-corrected chi connectivity index (χ0v) is 13.6. The monoisotopic (exact) mass is 308 g/mol. The van der Waals surface area contributed by atoms with Crippen LogP contribution in [0.3, 0.4) is 0 Å². The molecule has 0 bridgehead atoms. The molecule has 3 rings (SSSR count). The Morgan fingerprint density at radius 3 is 2.14 bits per heavy atom. The normalized spacial score (nSPS) is 25.2. The van der Waals surface area contributed by atoms with E-state index >= 15 is 0 Å². The number of carbonyl (C=O) groups is 2. The fourth-order valence-electron chi connectivity index (χ4n) is 3.55. The van der Waals surface area contributed by atoms with E-state index in [1.165, 1.54) is 12.8 Å². The van der Waals surface area contributed by atoms with Gasteiger partial charge in [0, 0.05) is 58.3 Å². The highest BCUT2D eigenvalue weighted by atomic mass is 16.2. The second-order valence-corrected chi connectivity index (χ2v) is 6.89. The second-order valence-electron chi connectivity index (χ2n) is 6.89. The number of piperazine rings is 1. The topological polar surface area (TPSA) is 55.9 Å². The van der Waals surface area contributed by atoms with Gasteiger partial charge in [0.15, 0.2) is 0 Å². The number of rotatable bonds is 4. The van der Waals surface area contributed by atoms with Gasteiger partial charge in [0.2, 0.25) is 11.8 Å². The number of nitrogens with zero attached hydrogens (tertiary/aromatic N) is 3. The molecule has 1 aliphatic carbocycles. The lowest BCUT2D eigenvalue weighted by Gasteiger charge is -2.35. The van der Waals surface area contributed by atoms with Crippen LogP contribution in [0.5, 0.6) is 0 Å². The van der Waals surface area contributed by atoms with Gasteiger partial charge in [0.1, 0.15) is 0 Å². The van der Waals surface area contributed by atoms with Crippen molar-refractivity contribution in [3.05, 3.63) is 0 Å². The summed E-state index contributed by atoms with van der Waals surface area (Å²) in [4.78, 5) is 30.0. The smallest absolute Gasteiger partial charge is 0.234 e. The SMILES string of the molecule is CC(=O)N1CCN(CC(=O)NC2CCN(C3CC3)CC2)CC1. The lowest BCUT2D eigenvalue weighted by atomic mass is 10.0. The first-order chi connectivity index (χ1) is 10.6. The van der Waals surface area contributed by atoms with Gasteiger partial charge in [-0.05, 0) is 25.7 Å². The van der Waals surface area contributed by atoms with Crippen molar-refractivity contribution in [1.29, 1.82) is 0 Å². The highest BCUT2D eigenvalue weighted by molar-refractivity contribution is 5.78. The van der Waals surface area contributed by atoms with Gasteiger partial charge in [-0.15, -0.1) is 0 Å². The van der Waals surface area contributed by atoms with Gasteiger partial charge < -0.3 is 15.1 Å². The zero-order chi connectivity index (χ0) is 15.5. The van der Waals surface area contributed by atoms with Crippen LogP contribution in [0.2, 0.25) is 0 Å². The van der Waals surface area contributed by atoms with Crippen molar-refractivity contribution < 1.29 is 9.59 Å². The minimum atomic E-state index is 0.131. The van der Waals surface area contributed by atoms with Crippen LogP contribution in [0.15, 0.2) is 0 Å². The lowest BCUT2D eigenvalue weighted by molar-refractivity contribution is -0.131. The summed E-state index contributed by atoms with van der Waals surface area (Å²) < 4.78 is 0. The van der Waals surface area contributed by atoms with Gasteiger partial charge in [-0.1, -0.05) is 0 Å². The minimum absolute atomic E-state index is 0.131. The first kappa shape index (κ1) is 15.7. The van der Waals surface area contributed by atoms with Crippen molar-refractivity contribution >= 4 is 11.8 Å². The quantitative estimate of drug-likeness (QED) is 0.788. The molecule has 6 nitrogen and oxygen atoms in total. The van der Waals surface area contributed by atoms with E-state index in [0.29, 0.717) is 12.6 Å². The van der Waals surface area contributed by atoms with E-state index in [1.54, 1.807) is 6.92 Å². The van der Waals surface area contributed by atoms with Crippen LogP contribution in [0.25, 0.3) is 0 Å². The van der Waals surface area contributed by atoms with Crippen molar-refractivity contribution in [3.63, 3.8) is 0 Å². The Hall–Kier alpha value is -1.14. The molecule has 2 amide bonds. The number of nitrogens with one attached hydrogen (secondary N) is 1. The number of piperidine rings is 1. The Morgan fingerprint density at radius 1 is 0.955 bits per heavy atom. The van der Waals surface area contributed by atoms with Crippen LogP contribution in [0, 0.1) is 0 Å². The number of likely N-dealkylation sites (tertiary alicyclic amines) is 1. The van der Waals surface area contributed by atoms with Crippen molar-refractivity contribution in [2.45, 2.75) is 44.7 Å². The first-order valence-electron chi connectivity index (χ1n) is 8.63. The van der Waals surface area contributed by atoms with Crippen LogP contribution >= 0.6 is 0 Å². The number of hydrogen-bond acceptors (Lipinski definition) is 4. The summed E-state index contributed by atoms with van der Waals surface area (Å²) in [5.41, 5.74) is 0. The number of hydrogen-bond donors (Lipinski definition) is 1. The summed E-state index contributed by atoms with van der Waals surface area (Å²) in [5.74, 6) is 0.271. The van der Waals surface area contributed by atoms with Crippen LogP contribution in [0.4, 0.5) is 0 Å². The molecule has 6 heteroatoms. The third kappa shape index (κ3) is 4.20. The Bertz CT molecular complexity index is 408. The largest absolute Gasteiger partial charge is 0.352 e. The zero-order valence-electron chi connectivity index (χ0n) is 13.6. The first-order valence-corrected chi connectivity index (χ1v) is 8.63. The van der Waals surface area contributed by atoms with E-state index in [9.17, 15) is 9.59 Å². The average Bonchev–Trinajstić information content (AvgIpc) is 3.33. The molecule has 0 aromatic rings. The summed E-state index contributed by atoms with van der Waals surface area (Å²) in [5, 5.41) is 3.19. The highest BCUT2D eigenvalue weighted by Gasteiger charge is 2.32. The standard InChI is InChI=1S/C16H28N4O2/c1-13(21)19-10-8-18(9-11-19)12-16(22)17-14-4-6-20(7-5-14)15-2-3-15/h14-15H,2-12H2,1H3,(H,17,22). The summed E-state index contributed by atoms with van der Waals surface area (Å²) in [7, 11) is 0. The van der Waals surface area contributed by atoms with E-state index < -0.39 is 0 Å². The average molecular weight is 308 g/mol. The fourth-order valence-corrected chi connectivity index (χ4v) is 3.55. The molecule has 0 aromatic heterocycles. The van der Waals surface area contributed by atoms with Crippen molar-refractivity contribution in [2.75, 3.05) is 45.8 Å². The van der Waals surface area contributed by atoms with E-state index in [2.05, 4.69) is 15.1 Å². The Balaban J connectivity index is 1.33. The summed E-state index contributed by atoms with van der Waals surface area (Å²) >= 11 is 0. The van der Waals surface area contributed by atoms with Gasteiger partial charge in [-0.3, -0.25) is 14.5 Å². The van der Waals surface area contributed by atoms with Crippen LogP contribution in [-0.2, 0) is 9.59 Å². The summed E-state index contributed by atoms with van der Waals surface area (Å²) in [6.45, 7) is 7.41. The summed E-state index contributed by atoms with van der Waals surface area (Å²) in [6, 6.07) is 1.19. The molecule has 124 valence electrons. The lowest BCUT2D eigenvalue weighted by Crippen LogP contribution is -2.52. The van der Waals surface area contributed by atoms with Gasteiger partial charge in [-0.2, -0.15) is 0 Å². The Labute approximate surface area is 132 Å². The maximum atomic E-state index is 12.2. The number of amides is 2. The molecule has 1 saturated carbocycles. The van der Waals surface area contributed by atoms with Crippen LogP contribution in [-0.4, -0.2) is 84.4 Å². The molecule has 3 fully saturated rings. The van der Waals surface area contributed by atoms with Crippen molar-refractivity contribution in [3.8, 4) is 0 Å². The molecular weight excluding hydrogens is 280 g/mol. The van der Waals surface area contributed by atoms with Crippen molar-refractivity contribution in [1.82, 2.24) is 20.0 Å². The molecule has 0 radical (unpaired) electrons. The van der Waals surface area contributed by atoms with E-state index in [0.717, 1.165) is 58.2 Å². The second kappa shape index (κ2) is 6.96. The molecule has 0 spiro atoms. The van der Waals surface area contributed by atoms with E-state index in [4.69, 9.17) is 0 Å². The molecule has 22 heavy (non-hydrogen) atoms. The van der Waals surface area contributed by atoms with Gasteiger partial charge in [0.25, 0.3) is 0 Å². The third-order valence-corrected chi connectivity index (χ3v) is 5.14. The van der Waals surface area contributed by atoms with Crippen LogP contribution in [0.1, 0.15) is 32.6 Å². The molecule has 1 N–H and O–H groups in total. The molecule has 0 atom stereocenters. The highest BCUT2D eigenvalue weighted by Crippen LogP contribution is 2.29. The molecule has 2 heterocycles. The minimum Gasteiger partial charge on any atom is -0.352 e. The van der Waals surface area contributed by atoms with Crippen LogP contribution < -0.4 is 5.32 Å². The Kier molecular flexibility index (Phi) is 4.98. The number of carbonyl (C=O) groups excluding carboxylic acids is 2. The maximum Gasteiger partial charge on any atom is 0.234 e. The van der Waals surface area contributed by atoms with E-state index in [1.807, 2.05) is 4.90 Å². The molecule has 2 saturated heterocycles. The third-order valence-electron chi connectivity index (χ3n) is 5.14. The predicted molar refractivity (Wildman–Crippen MR) is 84.5 cm³/mol. The Morgan fingerprint density at radius 2 is 1.59 bits per heavy atom. The fraction of sp³-hybridized carbons (Fsp3) is 0.875. The van der Waals surface area contributed by atoms with E-state index in [-0.39, 0.29) is 11.8 Å². The summed E-state index contributed by atoms with van der Waals surface area (Å²) in [6.07, 6.45) is 4.90. The molecule has 0 aromatic carbocycles. The molecule has 3 aliphatic rings. The van der Waals surface area contributed by atoms with Crippen molar-refractivity contribution in [2.24, 2.45) is 0 Å². The molecule has 2 aliphatic heterocycles.